The quantitative estimate of drug-likeness (QED) is 0.547. The minimum Gasteiger partial charge on any atom is -0.484 e. The van der Waals surface area contributed by atoms with Crippen LogP contribution in [0.2, 0.25) is 0 Å². The molecule has 0 heterocycles. The first-order valence-corrected chi connectivity index (χ1v) is 9.80. The molecule has 3 aromatic carbocycles. The van der Waals surface area contributed by atoms with Crippen molar-refractivity contribution in [2.45, 2.75) is 17.2 Å². The van der Waals surface area contributed by atoms with Crippen molar-refractivity contribution in [1.29, 1.82) is 0 Å². The predicted molar refractivity (Wildman–Crippen MR) is 111 cm³/mol. The normalized spacial score (nSPS) is 10.5. The summed E-state index contributed by atoms with van der Waals surface area (Å²) in [5, 5.41) is 2.89. The molecule has 0 unspecified atom stereocenters. The van der Waals surface area contributed by atoms with Crippen LogP contribution in [-0.4, -0.2) is 12.5 Å². The van der Waals surface area contributed by atoms with Gasteiger partial charge in [0.15, 0.2) is 6.61 Å². The second kappa shape index (κ2) is 9.92. The van der Waals surface area contributed by atoms with Gasteiger partial charge in [0.25, 0.3) is 5.91 Å². The molecule has 144 valence electrons. The van der Waals surface area contributed by atoms with Gasteiger partial charge in [-0.2, -0.15) is 0 Å². The zero-order chi connectivity index (χ0) is 19.8. The predicted octanol–water partition coefficient (Wildman–Crippen LogP) is 4.59. The number of carbonyl (C=O) groups is 1. The van der Waals surface area contributed by atoms with Crippen LogP contribution in [0.3, 0.4) is 0 Å². The fourth-order valence-corrected chi connectivity index (χ4v) is 3.50. The molecule has 0 aliphatic carbocycles. The van der Waals surface area contributed by atoms with Gasteiger partial charge < -0.3 is 15.8 Å². The Morgan fingerprint density at radius 1 is 1.00 bits per heavy atom. The number of anilines is 1. The number of nitrogens with one attached hydrogen (secondary N) is 1. The molecule has 0 aliphatic heterocycles. The lowest BCUT2D eigenvalue weighted by Gasteiger charge is -2.13. The number of halogens is 1. The maximum absolute atomic E-state index is 13.4. The molecule has 28 heavy (non-hydrogen) atoms. The molecule has 0 atom stereocenters. The molecule has 0 bridgehead atoms. The molecule has 1 amide bonds. The number of ether oxygens (including phenoxy) is 1. The SMILES string of the molecule is NCc1ccc(SCc2cccc(F)c2)c(NC(=O)COc2ccccc2)c1. The van der Waals surface area contributed by atoms with Crippen LogP contribution in [-0.2, 0) is 17.1 Å². The minimum atomic E-state index is -0.261. The van der Waals surface area contributed by atoms with Crippen LogP contribution in [0.5, 0.6) is 5.75 Å². The first kappa shape index (κ1) is 19.9. The van der Waals surface area contributed by atoms with Crippen LogP contribution in [0.4, 0.5) is 10.1 Å². The van der Waals surface area contributed by atoms with Crippen molar-refractivity contribution in [2.75, 3.05) is 11.9 Å². The van der Waals surface area contributed by atoms with Gasteiger partial charge in [-0.25, -0.2) is 4.39 Å². The molecule has 3 aromatic rings. The van der Waals surface area contributed by atoms with E-state index in [-0.39, 0.29) is 18.3 Å². The van der Waals surface area contributed by atoms with Gasteiger partial charge in [0.2, 0.25) is 0 Å². The Morgan fingerprint density at radius 3 is 2.57 bits per heavy atom. The number of para-hydroxylation sites is 1. The maximum Gasteiger partial charge on any atom is 0.262 e. The van der Waals surface area contributed by atoms with E-state index in [0.717, 1.165) is 16.0 Å². The first-order valence-electron chi connectivity index (χ1n) is 8.82. The highest BCUT2D eigenvalue weighted by molar-refractivity contribution is 7.98. The van der Waals surface area contributed by atoms with E-state index < -0.39 is 0 Å². The third kappa shape index (κ3) is 5.84. The van der Waals surface area contributed by atoms with Crippen molar-refractivity contribution in [3.8, 4) is 5.75 Å². The lowest BCUT2D eigenvalue weighted by Crippen LogP contribution is -2.20. The third-order valence-corrected chi connectivity index (χ3v) is 5.09. The van der Waals surface area contributed by atoms with E-state index in [1.807, 2.05) is 42.5 Å². The van der Waals surface area contributed by atoms with Crippen LogP contribution < -0.4 is 15.8 Å². The van der Waals surface area contributed by atoms with Crippen LogP contribution in [0.15, 0.2) is 77.7 Å². The number of hydrogen-bond donors (Lipinski definition) is 2. The van der Waals surface area contributed by atoms with Crippen LogP contribution >= 0.6 is 11.8 Å². The Morgan fingerprint density at radius 2 is 1.82 bits per heavy atom. The van der Waals surface area contributed by atoms with Gasteiger partial charge >= 0.3 is 0 Å². The highest BCUT2D eigenvalue weighted by Gasteiger charge is 2.10. The Bertz CT molecular complexity index is 935. The average molecular weight is 396 g/mol. The first-order chi connectivity index (χ1) is 13.6. The van der Waals surface area contributed by atoms with Crippen molar-refractivity contribution >= 4 is 23.4 Å². The molecular formula is C22H21FN2O2S. The van der Waals surface area contributed by atoms with Crippen LogP contribution in [0.1, 0.15) is 11.1 Å². The number of carbonyl (C=O) groups excluding carboxylic acids is 1. The Kier molecular flexibility index (Phi) is 7.06. The molecule has 0 fully saturated rings. The van der Waals surface area contributed by atoms with E-state index in [0.29, 0.717) is 23.7 Å². The van der Waals surface area contributed by atoms with Crippen molar-refractivity contribution < 1.29 is 13.9 Å². The highest BCUT2D eigenvalue weighted by atomic mass is 32.2. The highest BCUT2D eigenvalue weighted by Crippen LogP contribution is 2.31. The number of thioether (sulfide) groups is 1. The molecule has 0 saturated carbocycles. The minimum absolute atomic E-state index is 0.0924. The monoisotopic (exact) mass is 396 g/mol. The molecule has 3 rings (SSSR count). The van der Waals surface area contributed by atoms with E-state index >= 15 is 0 Å². The zero-order valence-corrected chi connectivity index (χ0v) is 16.0. The van der Waals surface area contributed by atoms with Crippen molar-refractivity contribution in [1.82, 2.24) is 0 Å². The third-order valence-electron chi connectivity index (χ3n) is 3.95. The average Bonchev–Trinajstić information content (AvgIpc) is 2.72. The van der Waals surface area contributed by atoms with Gasteiger partial charge in [-0.1, -0.05) is 36.4 Å². The van der Waals surface area contributed by atoms with E-state index in [1.165, 1.54) is 23.9 Å². The lowest BCUT2D eigenvalue weighted by molar-refractivity contribution is -0.118. The summed E-state index contributed by atoms with van der Waals surface area (Å²) in [7, 11) is 0. The van der Waals surface area contributed by atoms with Crippen LogP contribution in [0, 0.1) is 5.82 Å². The molecule has 0 aliphatic rings. The maximum atomic E-state index is 13.4. The molecule has 4 nitrogen and oxygen atoms in total. The standard InChI is InChI=1S/C22H21FN2O2S/c23-18-6-4-5-17(11-18)15-28-21-10-9-16(13-24)12-20(21)25-22(26)14-27-19-7-2-1-3-8-19/h1-12H,13-15,24H2,(H,25,26). The fourth-order valence-electron chi connectivity index (χ4n) is 2.57. The Hall–Kier alpha value is -2.83. The summed E-state index contributed by atoms with van der Waals surface area (Å²) in [5.41, 5.74) is 8.19. The van der Waals surface area contributed by atoms with Gasteiger partial charge in [-0.3, -0.25) is 4.79 Å². The van der Waals surface area contributed by atoms with E-state index in [1.54, 1.807) is 18.2 Å². The number of amides is 1. The number of rotatable bonds is 8. The van der Waals surface area contributed by atoms with E-state index in [4.69, 9.17) is 10.5 Å². The molecule has 0 saturated heterocycles. The summed E-state index contributed by atoms with van der Waals surface area (Å²) in [4.78, 5) is 13.2. The van der Waals surface area contributed by atoms with Crippen molar-refractivity contribution in [3.05, 3.63) is 89.7 Å². The summed E-state index contributed by atoms with van der Waals surface area (Å²) in [6.07, 6.45) is 0. The molecule has 0 aromatic heterocycles. The van der Waals surface area contributed by atoms with Crippen LogP contribution in [0.25, 0.3) is 0 Å². The van der Waals surface area contributed by atoms with Crippen molar-refractivity contribution in [3.63, 3.8) is 0 Å². The number of benzene rings is 3. The molecule has 0 radical (unpaired) electrons. The Balaban J connectivity index is 1.66. The summed E-state index contributed by atoms with van der Waals surface area (Å²) < 4.78 is 18.9. The van der Waals surface area contributed by atoms with Crippen molar-refractivity contribution in [2.24, 2.45) is 5.73 Å². The largest absolute Gasteiger partial charge is 0.484 e. The summed E-state index contributed by atoms with van der Waals surface area (Å²) in [5.74, 6) is 0.700. The van der Waals surface area contributed by atoms with E-state index in [9.17, 15) is 9.18 Å². The topological polar surface area (TPSA) is 64.3 Å². The van der Waals surface area contributed by atoms with Gasteiger partial charge in [0.1, 0.15) is 11.6 Å². The van der Waals surface area contributed by atoms with E-state index in [2.05, 4.69) is 5.32 Å². The Labute approximate surface area is 167 Å². The fraction of sp³-hybridized carbons (Fsp3) is 0.136. The lowest BCUT2D eigenvalue weighted by atomic mass is 10.2. The van der Waals surface area contributed by atoms with Gasteiger partial charge in [0, 0.05) is 17.2 Å². The van der Waals surface area contributed by atoms with Gasteiger partial charge in [0.05, 0.1) is 5.69 Å². The smallest absolute Gasteiger partial charge is 0.262 e. The molecular weight excluding hydrogens is 375 g/mol. The summed E-state index contributed by atoms with van der Waals surface area (Å²) >= 11 is 1.52. The second-order valence-corrected chi connectivity index (χ2v) is 7.12. The number of hydrogen-bond acceptors (Lipinski definition) is 4. The molecule has 0 spiro atoms. The molecule has 3 N–H and O–H groups in total. The van der Waals surface area contributed by atoms with Gasteiger partial charge in [-0.15, -0.1) is 11.8 Å². The van der Waals surface area contributed by atoms with Gasteiger partial charge in [-0.05, 0) is 47.5 Å². The molecule has 6 heteroatoms. The number of nitrogens with two attached hydrogens (primary N) is 1. The summed E-state index contributed by atoms with van der Waals surface area (Å²) in [6.45, 7) is 0.281. The summed E-state index contributed by atoms with van der Waals surface area (Å²) in [6, 6.07) is 21.3. The second-order valence-electron chi connectivity index (χ2n) is 6.10. The zero-order valence-electron chi connectivity index (χ0n) is 15.2.